The van der Waals surface area contributed by atoms with Gasteiger partial charge in [-0.25, -0.2) is 4.39 Å². The van der Waals surface area contributed by atoms with Crippen LogP contribution in [0, 0.1) is 5.82 Å². The molecule has 0 aliphatic carbocycles. The summed E-state index contributed by atoms with van der Waals surface area (Å²) in [5.74, 6) is 1.22. The Morgan fingerprint density at radius 2 is 2.00 bits per heavy atom. The molecule has 1 N–H and O–H groups in total. The van der Waals surface area contributed by atoms with Crippen LogP contribution < -0.4 is 14.8 Å². The van der Waals surface area contributed by atoms with Gasteiger partial charge in [-0.3, -0.25) is 4.90 Å². The lowest BCUT2D eigenvalue weighted by Crippen LogP contribution is -2.45. The molecular formula is C21H27FN2O3. The molecule has 2 aromatic rings. The van der Waals surface area contributed by atoms with Crippen LogP contribution in [0.4, 0.5) is 4.39 Å². The van der Waals surface area contributed by atoms with Crippen LogP contribution in [-0.4, -0.2) is 52.0 Å². The molecule has 1 heterocycles. The number of nitrogens with zero attached hydrogens (tertiary/aromatic N) is 1. The largest absolute Gasteiger partial charge is 0.493 e. The van der Waals surface area contributed by atoms with Gasteiger partial charge in [0.1, 0.15) is 12.4 Å². The Morgan fingerprint density at radius 1 is 1.11 bits per heavy atom. The summed E-state index contributed by atoms with van der Waals surface area (Å²) in [6, 6.07) is 13.0. The van der Waals surface area contributed by atoms with Crippen LogP contribution in [0.2, 0.25) is 0 Å². The Bertz CT molecular complexity index is 741. The number of methoxy groups -OCH3 is 2. The fourth-order valence-corrected chi connectivity index (χ4v) is 3.38. The van der Waals surface area contributed by atoms with Crippen molar-refractivity contribution < 1.29 is 18.6 Å². The number of hydrogen-bond acceptors (Lipinski definition) is 5. The van der Waals surface area contributed by atoms with Crippen molar-refractivity contribution in [1.29, 1.82) is 0 Å². The number of rotatable bonds is 8. The molecule has 1 aliphatic rings. The van der Waals surface area contributed by atoms with Crippen molar-refractivity contribution in [3.63, 3.8) is 0 Å². The lowest BCUT2D eigenvalue weighted by atomic mass is 10.0. The van der Waals surface area contributed by atoms with Gasteiger partial charge in [-0.05, 0) is 35.4 Å². The molecule has 0 radical (unpaired) electrons. The minimum Gasteiger partial charge on any atom is -0.493 e. The lowest BCUT2D eigenvalue weighted by molar-refractivity contribution is 0.143. The zero-order chi connectivity index (χ0) is 19.1. The first kappa shape index (κ1) is 19.6. The van der Waals surface area contributed by atoms with Gasteiger partial charge >= 0.3 is 0 Å². The third-order valence-electron chi connectivity index (χ3n) is 4.75. The van der Waals surface area contributed by atoms with Crippen LogP contribution >= 0.6 is 0 Å². The Labute approximate surface area is 160 Å². The van der Waals surface area contributed by atoms with Crippen molar-refractivity contribution in [3.8, 4) is 11.5 Å². The quantitative estimate of drug-likeness (QED) is 0.720. The van der Waals surface area contributed by atoms with Gasteiger partial charge in [0, 0.05) is 39.3 Å². The van der Waals surface area contributed by atoms with Gasteiger partial charge in [-0.1, -0.05) is 18.2 Å². The number of benzene rings is 2. The summed E-state index contributed by atoms with van der Waals surface area (Å²) in [5, 5.41) is 3.41. The molecule has 0 spiro atoms. The van der Waals surface area contributed by atoms with Crippen molar-refractivity contribution in [2.45, 2.75) is 12.6 Å². The molecule has 0 amide bonds. The van der Waals surface area contributed by atoms with Gasteiger partial charge in [0.25, 0.3) is 0 Å². The van der Waals surface area contributed by atoms with Crippen LogP contribution in [0.3, 0.4) is 0 Å². The summed E-state index contributed by atoms with van der Waals surface area (Å²) in [6.45, 7) is 4.39. The zero-order valence-electron chi connectivity index (χ0n) is 15.9. The molecule has 5 nitrogen and oxygen atoms in total. The first-order valence-corrected chi connectivity index (χ1v) is 9.20. The van der Waals surface area contributed by atoms with E-state index in [0.29, 0.717) is 24.7 Å². The van der Waals surface area contributed by atoms with Crippen molar-refractivity contribution in [2.24, 2.45) is 0 Å². The first-order chi connectivity index (χ1) is 13.2. The van der Waals surface area contributed by atoms with E-state index in [1.165, 1.54) is 6.07 Å². The minimum absolute atomic E-state index is 0.137. The van der Waals surface area contributed by atoms with E-state index in [9.17, 15) is 4.39 Å². The number of ether oxygens (including phenoxy) is 3. The second-order valence-corrected chi connectivity index (χ2v) is 6.57. The van der Waals surface area contributed by atoms with Gasteiger partial charge in [0.2, 0.25) is 0 Å². The lowest BCUT2D eigenvalue weighted by Gasteiger charge is -2.36. The van der Waals surface area contributed by atoms with E-state index in [0.717, 1.165) is 37.3 Å². The molecule has 0 saturated carbocycles. The molecular weight excluding hydrogens is 347 g/mol. The highest BCUT2D eigenvalue weighted by Crippen LogP contribution is 2.30. The van der Waals surface area contributed by atoms with Crippen LogP contribution in [0.25, 0.3) is 0 Å². The number of hydrogen-bond donors (Lipinski definition) is 1. The fourth-order valence-electron chi connectivity index (χ4n) is 3.38. The maximum atomic E-state index is 13.7. The van der Waals surface area contributed by atoms with E-state index >= 15 is 0 Å². The molecule has 1 unspecified atom stereocenters. The second kappa shape index (κ2) is 9.69. The van der Waals surface area contributed by atoms with Crippen molar-refractivity contribution in [2.75, 3.05) is 47.1 Å². The summed E-state index contributed by atoms with van der Waals surface area (Å²) in [7, 11) is 3.29. The molecule has 6 heteroatoms. The average Bonchev–Trinajstić information content (AvgIpc) is 2.69. The average molecular weight is 374 g/mol. The number of nitrogens with one attached hydrogen (secondary N) is 1. The highest BCUT2D eigenvalue weighted by molar-refractivity contribution is 5.43. The van der Waals surface area contributed by atoms with Crippen molar-refractivity contribution in [1.82, 2.24) is 10.2 Å². The van der Waals surface area contributed by atoms with Crippen LogP contribution in [0.1, 0.15) is 17.2 Å². The summed E-state index contributed by atoms with van der Waals surface area (Å²) >= 11 is 0. The van der Waals surface area contributed by atoms with Gasteiger partial charge in [-0.15, -0.1) is 0 Å². The number of halogens is 1. The standard InChI is InChI=1S/C21H27FN2O3/c1-25-10-11-27-20-7-6-16(12-21(20)26-2)15-24-9-8-23-14-19(24)17-4-3-5-18(22)13-17/h3-7,12-13,19,23H,8-11,14-15H2,1-2H3. The van der Waals surface area contributed by atoms with Gasteiger partial charge in [0.05, 0.1) is 13.7 Å². The van der Waals surface area contributed by atoms with E-state index < -0.39 is 0 Å². The molecule has 1 saturated heterocycles. The Hall–Kier alpha value is -2.15. The molecule has 2 aromatic carbocycles. The highest BCUT2D eigenvalue weighted by Gasteiger charge is 2.24. The van der Waals surface area contributed by atoms with Crippen LogP contribution in [0.5, 0.6) is 11.5 Å². The SMILES string of the molecule is COCCOc1ccc(CN2CCNCC2c2cccc(F)c2)cc1OC. The maximum absolute atomic E-state index is 13.7. The van der Waals surface area contributed by atoms with Crippen molar-refractivity contribution >= 4 is 0 Å². The van der Waals surface area contributed by atoms with E-state index in [-0.39, 0.29) is 11.9 Å². The van der Waals surface area contributed by atoms with E-state index in [4.69, 9.17) is 14.2 Å². The van der Waals surface area contributed by atoms with Gasteiger partial charge in [-0.2, -0.15) is 0 Å². The van der Waals surface area contributed by atoms with Gasteiger partial charge < -0.3 is 19.5 Å². The van der Waals surface area contributed by atoms with Crippen molar-refractivity contribution in [3.05, 3.63) is 59.4 Å². The first-order valence-electron chi connectivity index (χ1n) is 9.20. The van der Waals surface area contributed by atoms with Gasteiger partial charge in [0.15, 0.2) is 11.5 Å². The fraction of sp³-hybridized carbons (Fsp3) is 0.429. The molecule has 0 aromatic heterocycles. The summed E-state index contributed by atoms with van der Waals surface area (Å²) in [5.41, 5.74) is 2.13. The molecule has 3 rings (SSSR count). The Balaban J connectivity index is 1.74. The predicted molar refractivity (Wildman–Crippen MR) is 103 cm³/mol. The molecule has 27 heavy (non-hydrogen) atoms. The molecule has 1 atom stereocenters. The zero-order valence-corrected chi connectivity index (χ0v) is 15.9. The molecule has 0 bridgehead atoms. The van der Waals surface area contributed by atoms with E-state index in [2.05, 4.69) is 16.3 Å². The normalized spacial score (nSPS) is 17.7. The summed E-state index contributed by atoms with van der Waals surface area (Å²) in [6.07, 6.45) is 0. The maximum Gasteiger partial charge on any atom is 0.161 e. The molecule has 1 fully saturated rings. The Morgan fingerprint density at radius 3 is 2.78 bits per heavy atom. The van der Waals surface area contributed by atoms with Crippen LogP contribution in [-0.2, 0) is 11.3 Å². The van der Waals surface area contributed by atoms with Crippen LogP contribution in [0.15, 0.2) is 42.5 Å². The highest BCUT2D eigenvalue weighted by atomic mass is 19.1. The molecule has 146 valence electrons. The monoisotopic (exact) mass is 374 g/mol. The third-order valence-corrected chi connectivity index (χ3v) is 4.75. The smallest absolute Gasteiger partial charge is 0.161 e. The molecule has 1 aliphatic heterocycles. The third kappa shape index (κ3) is 5.19. The summed E-state index contributed by atoms with van der Waals surface area (Å²) < 4.78 is 29.9. The summed E-state index contributed by atoms with van der Waals surface area (Å²) in [4.78, 5) is 2.37. The van der Waals surface area contributed by atoms with E-state index in [1.807, 2.05) is 18.2 Å². The second-order valence-electron chi connectivity index (χ2n) is 6.57. The number of piperazine rings is 1. The Kier molecular flexibility index (Phi) is 7.04. The predicted octanol–water partition coefficient (Wildman–Crippen LogP) is 3.01. The topological polar surface area (TPSA) is 43.0 Å². The minimum atomic E-state index is -0.197. The van der Waals surface area contributed by atoms with E-state index in [1.54, 1.807) is 26.4 Å².